The lowest BCUT2D eigenvalue weighted by Gasteiger charge is -2.20. The number of nitrogens with one attached hydrogen (secondary N) is 1. The number of rotatable bonds is 12. The van der Waals surface area contributed by atoms with E-state index >= 15 is 0 Å². The topological polar surface area (TPSA) is 86.6 Å². The first-order valence-electron chi connectivity index (χ1n) is 9.51. The Morgan fingerprint density at radius 1 is 1.07 bits per heavy atom. The van der Waals surface area contributed by atoms with E-state index in [9.17, 15) is 19.8 Å². The summed E-state index contributed by atoms with van der Waals surface area (Å²) in [5.74, 6) is -1.10. The molecule has 0 aliphatic rings. The fraction of sp³-hybridized carbons (Fsp3) is 0.455. The van der Waals surface area contributed by atoms with Crippen molar-refractivity contribution in [1.29, 1.82) is 0 Å². The number of aliphatic carboxylic acids is 1. The van der Waals surface area contributed by atoms with E-state index in [1.165, 1.54) is 25.3 Å². The minimum atomic E-state index is -1.41. The van der Waals surface area contributed by atoms with Crippen LogP contribution in [0.2, 0.25) is 0 Å². The Bertz CT molecular complexity index is 622. The summed E-state index contributed by atoms with van der Waals surface area (Å²) >= 11 is 0. The van der Waals surface area contributed by atoms with Crippen molar-refractivity contribution in [3.05, 3.63) is 60.2 Å². The molecule has 0 saturated carbocycles. The molecular weight excluding hydrogens is 342 g/mol. The number of aliphatic hydroxyl groups excluding tert-OH is 1. The van der Waals surface area contributed by atoms with Crippen molar-refractivity contribution in [2.45, 2.75) is 58.1 Å². The summed E-state index contributed by atoms with van der Waals surface area (Å²) in [4.78, 5) is 23.3. The Morgan fingerprint density at radius 3 is 2.41 bits per heavy atom. The van der Waals surface area contributed by atoms with E-state index in [0.717, 1.165) is 18.8 Å². The molecule has 1 rings (SSSR count). The first-order valence-corrected chi connectivity index (χ1v) is 9.51. The molecule has 3 N–H and O–H groups in total. The molecule has 0 saturated heterocycles. The maximum Gasteiger partial charge on any atom is 0.329 e. The van der Waals surface area contributed by atoms with Gasteiger partial charge in [0.25, 0.3) is 0 Å². The SMILES string of the molecule is CC(C)CCCCC/C=C/C=C/C(=O)N[C@H](C(=O)O)[C@H](O)c1ccccc1. The minimum Gasteiger partial charge on any atom is -0.480 e. The number of carboxylic acids is 1. The smallest absolute Gasteiger partial charge is 0.329 e. The number of allylic oxidation sites excluding steroid dienone is 3. The fourth-order valence-electron chi connectivity index (χ4n) is 2.63. The predicted molar refractivity (Wildman–Crippen MR) is 107 cm³/mol. The van der Waals surface area contributed by atoms with Gasteiger partial charge in [0, 0.05) is 6.08 Å². The second-order valence-electron chi connectivity index (χ2n) is 7.00. The monoisotopic (exact) mass is 373 g/mol. The molecule has 1 aromatic carbocycles. The van der Waals surface area contributed by atoms with Gasteiger partial charge in [-0.1, -0.05) is 81.7 Å². The lowest BCUT2D eigenvalue weighted by Crippen LogP contribution is -2.44. The molecule has 0 spiro atoms. The van der Waals surface area contributed by atoms with E-state index in [4.69, 9.17) is 0 Å². The summed E-state index contributed by atoms with van der Waals surface area (Å²) < 4.78 is 0. The number of hydrogen-bond acceptors (Lipinski definition) is 3. The third-order valence-electron chi connectivity index (χ3n) is 4.17. The summed E-state index contributed by atoms with van der Waals surface area (Å²) in [7, 11) is 0. The molecule has 0 aliphatic carbocycles. The van der Waals surface area contributed by atoms with Gasteiger partial charge in [0.1, 0.15) is 6.10 Å². The van der Waals surface area contributed by atoms with E-state index in [2.05, 4.69) is 19.2 Å². The van der Waals surface area contributed by atoms with Crippen molar-refractivity contribution in [1.82, 2.24) is 5.32 Å². The second-order valence-corrected chi connectivity index (χ2v) is 7.00. The van der Waals surface area contributed by atoms with E-state index in [0.29, 0.717) is 5.56 Å². The Kier molecular flexibility index (Phi) is 10.8. The summed E-state index contributed by atoms with van der Waals surface area (Å²) in [6.45, 7) is 4.45. The van der Waals surface area contributed by atoms with E-state index in [1.807, 2.05) is 6.08 Å². The van der Waals surface area contributed by atoms with Crippen LogP contribution in [0.1, 0.15) is 57.6 Å². The van der Waals surface area contributed by atoms with Crippen molar-refractivity contribution >= 4 is 11.9 Å². The zero-order chi connectivity index (χ0) is 20.1. The lowest BCUT2D eigenvalue weighted by molar-refractivity contribution is -0.144. The summed E-state index contributed by atoms with van der Waals surface area (Å²) in [6.07, 6.45) is 11.1. The minimum absolute atomic E-state index is 0.437. The highest BCUT2D eigenvalue weighted by atomic mass is 16.4. The van der Waals surface area contributed by atoms with Gasteiger partial charge < -0.3 is 15.5 Å². The van der Waals surface area contributed by atoms with Gasteiger partial charge in [-0.2, -0.15) is 0 Å². The molecule has 0 aliphatic heterocycles. The van der Waals surface area contributed by atoms with Crippen LogP contribution < -0.4 is 5.32 Å². The van der Waals surface area contributed by atoms with Crippen molar-refractivity contribution in [2.75, 3.05) is 0 Å². The van der Waals surface area contributed by atoms with Gasteiger partial charge in [0.2, 0.25) is 5.91 Å². The van der Waals surface area contributed by atoms with Gasteiger partial charge in [-0.3, -0.25) is 4.79 Å². The molecule has 0 fully saturated rings. The molecule has 0 aromatic heterocycles. The van der Waals surface area contributed by atoms with Crippen LogP contribution in [0, 0.1) is 5.92 Å². The highest BCUT2D eigenvalue weighted by molar-refractivity contribution is 5.91. The van der Waals surface area contributed by atoms with Gasteiger partial charge in [-0.15, -0.1) is 0 Å². The van der Waals surface area contributed by atoms with Crippen LogP contribution in [0.15, 0.2) is 54.6 Å². The van der Waals surface area contributed by atoms with Gasteiger partial charge in [0.05, 0.1) is 0 Å². The number of carbonyl (C=O) groups excluding carboxylic acids is 1. The van der Waals surface area contributed by atoms with E-state index < -0.39 is 24.0 Å². The average molecular weight is 373 g/mol. The number of carboxylic acid groups (broad SMARTS) is 1. The van der Waals surface area contributed by atoms with E-state index in [1.54, 1.807) is 42.5 Å². The quantitative estimate of drug-likeness (QED) is 0.293. The molecule has 5 heteroatoms. The fourth-order valence-corrected chi connectivity index (χ4v) is 2.63. The zero-order valence-corrected chi connectivity index (χ0v) is 16.2. The number of unbranched alkanes of at least 4 members (excludes halogenated alkanes) is 3. The number of amides is 1. The standard InChI is InChI=1S/C22H31NO4/c1-17(2)13-9-6-4-3-5-7-12-16-19(24)23-20(22(26)27)21(25)18-14-10-8-11-15-18/h5,7-8,10-12,14-17,20-21,25H,3-4,6,9,13H2,1-2H3,(H,23,24)(H,26,27)/b7-5+,16-12+/t20-,21+/m0/s1. The molecule has 0 bridgehead atoms. The summed E-state index contributed by atoms with van der Waals surface area (Å²) in [5, 5.41) is 21.8. The van der Waals surface area contributed by atoms with Gasteiger partial charge in [-0.25, -0.2) is 4.79 Å². The molecule has 5 nitrogen and oxygen atoms in total. The van der Waals surface area contributed by atoms with Crippen LogP contribution in [0.25, 0.3) is 0 Å². The van der Waals surface area contributed by atoms with E-state index in [-0.39, 0.29) is 0 Å². The number of carbonyl (C=O) groups is 2. The third-order valence-corrected chi connectivity index (χ3v) is 4.17. The summed E-state index contributed by atoms with van der Waals surface area (Å²) in [5.41, 5.74) is 0.437. The van der Waals surface area contributed by atoms with Crippen LogP contribution in [0.5, 0.6) is 0 Å². The Hall–Kier alpha value is -2.40. The first kappa shape index (κ1) is 22.6. The first-order chi connectivity index (χ1) is 12.9. The summed E-state index contributed by atoms with van der Waals surface area (Å²) in [6, 6.07) is 7.00. The normalized spacial score (nSPS) is 13.9. The molecule has 0 heterocycles. The second kappa shape index (κ2) is 12.9. The van der Waals surface area contributed by atoms with Crippen molar-refractivity contribution < 1.29 is 19.8 Å². The van der Waals surface area contributed by atoms with Gasteiger partial charge in [0.15, 0.2) is 6.04 Å². The third kappa shape index (κ3) is 9.75. The molecule has 2 atom stereocenters. The largest absolute Gasteiger partial charge is 0.480 e. The highest BCUT2D eigenvalue weighted by Gasteiger charge is 2.28. The van der Waals surface area contributed by atoms with Crippen LogP contribution in [-0.4, -0.2) is 28.1 Å². The molecular formula is C22H31NO4. The zero-order valence-electron chi connectivity index (χ0n) is 16.2. The predicted octanol–water partition coefficient (Wildman–Crippen LogP) is 4.01. The molecule has 0 unspecified atom stereocenters. The van der Waals surface area contributed by atoms with Crippen LogP contribution >= 0.6 is 0 Å². The lowest BCUT2D eigenvalue weighted by atomic mass is 10.0. The number of aliphatic hydroxyl groups is 1. The van der Waals surface area contributed by atoms with Crippen LogP contribution in [0.4, 0.5) is 0 Å². The number of hydrogen-bond donors (Lipinski definition) is 3. The Labute approximate surface area is 161 Å². The van der Waals surface area contributed by atoms with Crippen molar-refractivity contribution in [3.8, 4) is 0 Å². The molecule has 1 amide bonds. The van der Waals surface area contributed by atoms with Crippen molar-refractivity contribution in [2.24, 2.45) is 5.92 Å². The molecule has 27 heavy (non-hydrogen) atoms. The molecule has 0 radical (unpaired) electrons. The maximum absolute atomic E-state index is 11.9. The molecule has 148 valence electrons. The Morgan fingerprint density at radius 2 is 1.78 bits per heavy atom. The van der Waals surface area contributed by atoms with Gasteiger partial charge >= 0.3 is 5.97 Å². The highest BCUT2D eigenvalue weighted by Crippen LogP contribution is 2.16. The van der Waals surface area contributed by atoms with Crippen LogP contribution in [-0.2, 0) is 9.59 Å². The average Bonchev–Trinajstić information content (AvgIpc) is 2.64. The molecule has 1 aromatic rings. The van der Waals surface area contributed by atoms with Gasteiger partial charge in [-0.05, 0) is 24.3 Å². The van der Waals surface area contributed by atoms with Crippen LogP contribution in [0.3, 0.4) is 0 Å². The maximum atomic E-state index is 11.9. The Balaban J connectivity index is 2.40. The number of benzene rings is 1. The van der Waals surface area contributed by atoms with Crippen molar-refractivity contribution in [3.63, 3.8) is 0 Å².